The topological polar surface area (TPSA) is 6.48 Å². The second-order valence-corrected chi connectivity index (χ2v) is 22.2. The molecule has 2 aliphatic heterocycles. The maximum absolute atomic E-state index is 2.71. The summed E-state index contributed by atoms with van der Waals surface area (Å²) in [5, 5.41) is 5.46. The van der Waals surface area contributed by atoms with E-state index in [1.54, 1.807) is 0 Å². The molecule has 3 aliphatic carbocycles. The van der Waals surface area contributed by atoms with Gasteiger partial charge in [-0.3, -0.25) is 0 Å². The van der Waals surface area contributed by atoms with Crippen molar-refractivity contribution < 1.29 is 0 Å². The van der Waals surface area contributed by atoms with Crippen LogP contribution in [-0.4, -0.2) is 18.1 Å². The third kappa shape index (κ3) is 4.57. The summed E-state index contributed by atoms with van der Waals surface area (Å²) in [5.41, 5.74) is 18.7. The van der Waals surface area contributed by atoms with E-state index in [0.29, 0.717) is 0 Å². The molecule has 2 heteroatoms. The third-order valence-corrected chi connectivity index (χ3v) is 19.2. The van der Waals surface area contributed by atoms with Gasteiger partial charge < -0.3 is 9.80 Å². The summed E-state index contributed by atoms with van der Waals surface area (Å²) in [6, 6.07) is 49.8. The monoisotopic (exact) mass is 810 g/mol. The average Bonchev–Trinajstić information content (AvgIpc) is 3.82. The lowest BCUT2D eigenvalue weighted by molar-refractivity contribution is 0.0446. The minimum absolute atomic E-state index is 0.0203. The Balaban J connectivity index is 0.948. The highest BCUT2D eigenvalue weighted by atomic mass is 15.3. The Morgan fingerprint density at radius 1 is 0.452 bits per heavy atom. The highest BCUT2D eigenvalue weighted by Crippen LogP contribution is 2.67. The standard InChI is InChI=1S/C60H62N2/c1-55(2)29-15-31-57(5)50-36-40(23-27-52(50)61(9)59(55,57)7)38-21-25-44-42(33-38)35-49-46-26-22-39(34-48(46)45-19-13-14-20-47(45)54(44)49)41-24-28-53-51(37-41)58(6)32-16-30-56(3,4)60(58,8)62(53)43-17-11-10-12-18-43/h10-14,17-28,33-34,36-37H,15-16,29-32,35H2,1-9H3. The van der Waals surface area contributed by atoms with Gasteiger partial charge in [-0.1, -0.05) is 139 Å². The molecule has 2 heterocycles. The Hall–Kier alpha value is -5.34. The molecule has 4 unspecified atom stereocenters. The van der Waals surface area contributed by atoms with Gasteiger partial charge in [0.15, 0.2) is 0 Å². The molecule has 4 atom stereocenters. The average molecular weight is 811 g/mol. The van der Waals surface area contributed by atoms with E-state index in [2.05, 4.69) is 200 Å². The van der Waals surface area contributed by atoms with E-state index >= 15 is 0 Å². The van der Waals surface area contributed by atoms with Crippen molar-refractivity contribution in [3.63, 3.8) is 0 Å². The number of nitrogens with zero attached hydrogens (tertiary/aromatic N) is 2. The Morgan fingerprint density at radius 3 is 1.71 bits per heavy atom. The quantitative estimate of drug-likeness (QED) is 0.164. The van der Waals surface area contributed by atoms with Crippen LogP contribution in [0.3, 0.4) is 0 Å². The van der Waals surface area contributed by atoms with Crippen molar-refractivity contribution in [2.45, 2.75) is 122 Å². The van der Waals surface area contributed by atoms with E-state index in [4.69, 9.17) is 0 Å². The van der Waals surface area contributed by atoms with Crippen LogP contribution in [0.5, 0.6) is 0 Å². The van der Waals surface area contributed by atoms with Crippen LogP contribution in [-0.2, 0) is 17.3 Å². The summed E-state index contributed by atoms with van der Waals surface area (Å²) in [6.45, 7) is 20.2. The zero-order valence-corrected chi connectivity index (χ0v) is 38.5. The number of hydrogen-bond donors (Lipinski definition) is 0. The number of fused-ring (bicyclic) bond motifs is 14. The van der Waals surface area contributed by atoms with E-state index in [1.807, 2.05) is 0 Å². The van der Waals surface area contributed by atoms with Crippen molar-refractivity contribution in [3.8, 4) is 33.4 Å². The normalized spacial score (nSPS) is 27.4. The smallest absolute Gasteiger partial charge is 0.0568 e. The zero-order chi connectivity index (χ0) is 42.8. The second kappa shape index (κ2) is 12.4. The van der Waals surface area contributed by atoms with Gasteiger partial charge in [0.25, 0.3) is 0 Å². The molecule has 2 nitrogen and oxygen atoms in total. The van der Waals surface area contributed by atoms with Crippen molar-refractivity contribution in [1.82, 2.24) is 0 Å². The molecule has 0 radical (unpaired) electrons. The van der Waals surface area contributed by atoms with E-state index in [1.165, 1.54) is 133 Å². The van der Waals surface area contributed by atoms with Gasteiger partial charge in [0.2, 0.25) is 0 Å². The van der Waals surface area contributed by atoms with E-state index < -0.39 is 0 Å². The molecule has 2 fully saturated rings. The molecule has 5 aliphatic rings. The molecule has 0 N–H and O–H groups in total. The summed E-state index contributed by atoms with van der Waals surface area (Å²) in [5.74, 6) is 0. The van der Waals surface area contributed by atoms with Crippen LogP contribution < -0.4 is 9.80 Å². The molecule has 0 bridgehead atoms. The predicted octanol–water partition coefficient (Wildman–Crippen LogP) is 16.0. The predicted molar refractivity (Wildman–Crippen MR) is 264 cm³/mol. The molecular weight excluding hydrogens is 749 g/mol. The van der Waals surface area contributed by atoms with Gasteiger partial charge in [-0.05, 0) is 176 Å². The number of para-hydroxylation sites is 1. The maximum Gasteiger partial charge on any atom is 0.0568 e. The van der Waals surface area contributed by atoms with Gasteiger partial charge >= 0.3 is 0 Å². The van der Waals surface area contributed by atoms with E-state index in [9.17, 15) is 0 Å². The van der Waals surface area contributed by atoms with Gasteiger partial charge in [-0.2, -0.15) is 0 Å². The fraction of sp³-hybridized carbons (Fsp3) is 0.367. The van der Waals surface area contributed by atoms with Crippen LogP contribution in [0.15, 0.2) is 127 Å². The van der Waals surface area contributed by atoms with Crippen molar-refractivity contribution in [2.24, 2.45) is 10.8 Å². The van der Waals surface area contributed by atoms with Crippen LogP contribution in [0.1, 0.15) is 116 Å². The molecule has 12 rings (SSSR count). The van der Waals surface area contributed by atoms with Crippen molar-refractivity contribution in [3.05, 3.63) is 150 Å². The summed E-state index contributed by atoms with van der Waals surface area (Å²) in [4.78, 5) is 5.34. The first-order valence-electron chi connectivity index (χ1n) is 23.6. The molecule has 0 amide bonds. The van der Waals surface area contributed by atoms with Gasteiger partial charge in [0.05, 0.1) is 11.1 Å². The molecule has 0 spiro atoms. The number of hydrogen-bond acceptors (Lipinski definition) is 2. The minimum atomic E-state index is -0.0566. The van der Waals surface area contributed by atoms with Gasteiger partial charge in [0.1, 0.15) is 0 Å². The lowest BCUT2D eigenvalue weighted by Crippen LogP contribution is -2.64. The minimum Gasteiger partial charge on any atom is -0.368 e. The number of anilines is 3. The molecule has 7 aromatic carbocycles. The number of likely N-dealkylation sites (N-methyl/N-ethyl adjacent to an activating group) is 1. The molecule has 2 saturated carbocycles. The molecule has 62 heavy (non-hydrogen) atoms. The molecule has 0 saturated heterocycles. The van der Waals surface area contributed by atoms with Crippen molar-refractivity contribution >= 4 is 38.6 Å². The molecule has 7 aromatic rings. The lowest BCUT2D eigenvalue weighted by atomic mass is 9.51. The van der Waals surface area contributed by atoms with Gasteiger partial charge in [0, 0.05) is 34.9 Å². The van der Waals surface area contributed by atoms with E-state index in [-0.39, 0.29) is 32.7 Å². The number of rotatable bonds is 3. The first-order chi connectivity index (χ1) is 29.6. The van der Waals surface area contributed by atoms with Crippen molar-refractivity contribution in [2.75, 3.05) is 16.8 Å². The summed E-state index contributed by atoms with van der Waals surface area (Å²) >= 11 is 0. The summed E-state index contributed by atoms with van der Waals surface area (Å²) in [6.07, 6.45) is 8.45. The Labute approximate surface area is 370 Å². The fourth-order valence-corrected chi connectivity index (χ4v) is 14.9. The lowest BCUT2D eigenvalue weighted by Gasteiger charge is -2.59. The third-order valence-electron chi connectivity index (χ3n) is 19.2. The first-order valence-corrected chi connectivity index (χ1v) is 23.6. The molecule has 0 aromatic heterocycles. The Bertz CT molecular complexity index is 3040. The van der Waals surface area contributed by atoms with Crippen LogP contribution in [0, 0.1) is 10.8 Å². The highest BCUT2D eigenvalue weighted by Gasteiger charge is 2.65. The van der Waals surface area contributed by atoms with Gasteiger partial charge in [-0.15, -0.1) is 0 Å². The maximum atomic E-state index is 2.71. The second-order valence-electron chi connectivity index (χ2n) is 22.2. The first kappa shape index (κ1) is 38.3. The highest BCUT2D eigenvalue weighted by molar-refractivity contribution is 6.18. The summed E-state index contributed by atoms with van der Waals surface area (Å²) in [7, 11) is 2.35. The van der Waals surface area contributed by atoms with E-state index in [0.717, 1.165) is 6.42 Å². The fourth-order valence-electron chi connectivity index (χ4n) is 14.9. The Kier molecular flexibility index (Phi) is 7.69. The van der Waals surface area contributed by atoms with Crippen LogP contribution >= 0.6 is 0 Å². The van der Waals surface area contributed by atoms with Crippen LogP contribution in [0.4, 0.5) is 17.1 Å². The number of benzene rings is 7. The zero-order valence-electron chi connectivity index (χ0n) is 38.5. The van der Waals surface area contributed by atoms with Crippen LogP contribution in [0.2, 0.25) is 0 Å². The Morgan fingerprint density at radius 2 is 1.00 bits per heavy atom. The summed E-state index contributed by atoms with van der Waals surface area (Å²) < 4.78 is 0. The van der Waals surface area contributed by atoms with Crippen LogP contribution in [0.25, 0.3) is 54.9 Å². The van der Waals surface area contributed by atoms with Gasteiger partial charge in [-0.25, -0.2) is 0 Å². The molecule has 312 valence electrons. The largest absolute Gasteiger partial charge is 0.368 e. The molecular formula is C60H62N2. The van der Waals surface area contributed by atoms with Crippen molar-refractivity contribution in [1.29, 1.82) is 0 Å². The SMILES string of the molecule is CN1c2ccc(-c3ccc4c(c3)Cc3c-4c4ccccc4c4cc(-c5ccc6c(c5)C5(C)CCCC(C)(C)C5(C)N6c5ccccc5)ccc34)cc2C2(C)CCCC(C)(C)C12C.